The Morgan fingerprint density at radius 1 is 1.25 bits per heavy atom. The highest BCUT2D eigenvalue weighted by molar-refractivity contribution is 7.71. The summed E-state index contributed by atoms with van der Waals surface area (Å²) in [7, 11) is 0. The van der Waals surface area contributed by atoms with E-state index >= 15 is 0 Å². The van der Waals surface area contributed by atoms with Crippen molar-refractivity contribution in [2.45, 2.75) is 13.8 Å². The minimum atomic E-state index is 0.440. The van der Waals surface area contributed by atoms with Crippen LogP contribution in [0.3, 0.4) is 0 Å². The number of aryl methyl sites for hydroxylation is 1. The molecule has 6 heteroatoms. The Hall–Kier alpha value is -2.73. The Morgan fingerprint density at radius 2 is 2.04 bits per heavy atom. The van der Waals surface area contributed by atoms with E-state index in [1.165, 1.54) is 5.56 Å². The topological polar surface area (TPSA) is 55.2 Å². The highest BCUT2D eigenvalue weighted by Gasteiger charge is 2.09. The molecule has 0 atom stereocenters. The number of ether oxygens (including phenoxy) is 1. The quantitative estimate of drug-likeness (QED) is 0.560. The van der Waals surface area contributed by atoms with Gasteiger partial charge in [-0.3, -0.25) is 0 Å². The Kier molecular flexibility index (Phi) is 4.86. The molecule has 1 heterocycles. The van der Waals surface area contributed by atoms with Crippen molar-refractivity contribution >= 4 is 18.4 Å². The molecule has 0 aliphatic rings. The van der Waals surface area contributed by atoms with E-state index in [1.54, 1.807) is 10.9 Å². The number of aromatic amines is 1. The highest BCUT2D eigenvalue weighted by atomic mass is 32.1. The largest absolute Gasteiger partial charge is 0.494 e. The lowest BCUT2D eigenvalue weighted by atomic mass is 10.2. The van der Waals surface area contributed by atoms with E-state index in [0.717, 1.165) is 16.9 Å². The molecule has 0 fully saturated rings. The molecule has 2 aromatic carbocycles. The monoisotopic (exact) mass is 338 g/mol. The Labute approximate surface area is 145 Å². The predicted octanol–water partition coefficient (Wildman–Crippen LogP) is 4.20. The summed E-state index contributed by atoms with van der Waals surface area (Å²) in [4.78, 5) is 0. The van der Waals surface area contributed by atoms with Gasteiger partial charge in [-0.05, 0) is 43.8 Å². The second kappa shape index (κ2) is 7.23. The molecule has 3 aromatic rings. The van der Waals surface area contributed by atoms with Crippen molar-refractivity contribution in [3.8, 4) is 17.1 Å². The minimum absolute atomic E-state index is 0.440. The van der Waals surface area contributed by atoms with Crippen LogP contribution in [-0.2, 0) is 0 Å². The summed E-state index contributed by atoms with van der Waals surface area (Å²) in [5, 5.41) is 11.6. The van der Waals surface area contributed by atoms with Crippen LogP contribution in [0.25, 0.3) is 11.4 Å². The number of H-pyrrole nitrogens is 1. The Bertz CT molecular complexity index is 909. The maximum absolute atomic E-state index is 5.54. The zero-order valence-corrected chi connectivity index (χ0v) is 14.4. The first kappa shape index (κ1) is 16.1. The third kappa shape index (κ3) is 3.60. The fourth-order valence-corrected chi connectivity index (χ4v) is 2.43. The smallest absolute Gasteiger partial charge is 0.216 e. The highest BCUT2D eigenvalue weighted by Crippen LogP contribution is 2.22. The summed E-state index contributed by atoms with van der Waals surface area (Å²) in [6.45, 7) is 4.62. The first-order chi connectivity index (χ1) is 11.7. The van der Waals surface area contributed by atoms with Gasteiger partial charge in [0.25, 0.3) is 0 Å². The van der Waals surface area contributed by atoms with Gasteiger partial charge >= 0.3 is 0 Å². The van der Waals surface area contributed by atoms with Gasteiger partial charge in [-0.15, -0.1) is 0 Å². The number of nitrogens with zero attached hydrogens (tertiary/aromatic N) is 3. The van der Waals surface area contributed by atoms with Crippen molar-refractivity contribution in [3.05, 3.63) is 64.4 Å². The Morgan fingerprint density at radius 3 is 2.79 bits per heavy atom. The van der Waals surface area contributed by atoms with Crippen LogP contribution in [0.1, 0.15) is 18.1 Å². The van der Waals surface area contributed by atoms with Gasteiger partial charge in [0.2, 0.25) is 4.77 Å². The second-order valence-electron chi connectivity index (χ2n) is 5.28. The fourth-order valence-electron chi connectivity index (χ4n) is 2.25. The molecule has 0 aliphatic heterocycles. The number of benzene rings is 2. The predicted molar refractivity (Wildman–Crippen MR) is 98.2 cm³/mol. The van der Waals surface area contributed by atoms with Gasteiger partial charge in [0.1, 0.15) is 5.75 Å². The van der Waals surface area contributed by atoms with Crippen molar-refractivity contribution in [2.75, 3.05) is 6.61 Å². The average molecular weight is 338 g/mol. The number of hydrogen-bond acceptors (Lipinski definition) is 4. The third-order valence-corrected chi connectivity index (χ3v) is 3.72. The van der Waals surface area contributed by atoms with Crippen molar-refractivity contribution in [1.82, 2.24) is 14.9 Å². The van der Waals surface area contributed by atoms with Crippen LogP contribution in [0.15, 0.2) is 53.6 Å². The molecule has 0 unspecified atom stereocenters. The molecule has 0 spiro atoms. The molecular formula is C18H18N4OS. The molecule has 5 nitrogen and oxygen atoms in total. The van der Waals surface area contributed by atoms with E-state index in [2.05, 4.69) is 22.2 Å². The van der Waals surface area contributed by atoms with Gasteiger partial charge < -0.3 is 4.74 Å². The number of rotatable bonds is 5. The lowest BCUT2D eigenvalue weighted by Gasteiger charge is -2.05. The first-order valence-electron chi connectivity index (χ1n) is 7.69. The van der Waals surface area contributed by atoms with Crippen molar-refractivity contribution in [2.24, 2.45) is 5.10 Å². The van der Waals surface area contributed by atoms with E-state index in [0.29, 0.717) is 17.2 Å². The standard InChI is InChI=1S/C18H18N4OS/c1-3-23-16-6-4-5-15(11-16)17-20-21-18(24)22(17)19-12-14-9-7-13(2)8-10-14/h4-12H,3H2,1-2H3,(H,21,24)/b19-12+. The minimum Gasteiger partial charge on any atom is -0.494 e. The molecule has 0 saturated carbocycles. The molecule has 3 rings (SSSR count). The van der Waals surface area contributed by atoms with Gasteiger partial charge in [-0.2, -0.15) is 14.9 Å². The normalized spacial score (nSPS) is 11.1. The van der Waals surface area contributed by atoms with Gasteiger partial charge in [0, 0.05) is 5.56 Å². The maximum atomic E-state index is 5.54. The van der Waals surface area contributed by atoms with E-state index in [1.807, 2.05) is 55.5 Å². The van der Waals surface area contributed by atoms with Gasteiger partial charge in [0.05, 0.1) is 12.8 Å². The van der Waals surface area contributed by atoms with E-state index < -0.39 is 0 Å². The molecule has 1 aromatic heterocycles. The fraction of sp³-hybridized carbons (Fsp3) is 0.167. The summed E-state index contributed by atoms with van der Waals surface area (Å²) in [6, 6.07) is 15.8. The van der Waals surface area contributed by atoms with Crippen LogP contribution in [0, 0.1) is 11.7 Å². The van der Waals surface area contributed by atoms with Crippen LogP contribution < -0.4 is 4.74 Å². The SMILES string of the molecule is CCOc1cccc(-c2n[nH]c(=S)n2/N=C/c2ccc(C)cc2)c1. The first-order valence-corrected chi connectivity index (χ1v) is 8.10. The van der Waals surface area contributed by atoms with Crippen LogP contribution in [0.5, 0.6) is 5.75 Å². The van der Waals surface area contributed by atoms with Crippen LogP contribution in [-0.4, -0.2) is 27.7 Å². The van der Waals surface area contributed by atoms with E-state index in [4.69, 9.17) is 17.0 Å². The van der Waals surface area contributed by atoms with E-state index in [-0.39, 0.29) is 0 Å². The molecule has 0 radical (unpaired) electrons. The molecule has 24 heavy (non-hydrogen) atoms. The number of nitrogens with one attached hydrogen (secondary N) is 1. The zero-order valence-electron chi connectivity index (χ0n) is 13.6. The molecular weight excluding hydrogens is 320 g/mol. The van der Waals surface area contributed by atoms with Gasteiger partial charge in [0.15, 0.2) is 5.82 Å². The molecule has 0 bridgehead atoms. The van der Waals surface area contributed by atoms with Gasteiger partial charge in [-0.25, -0.2) is 5.10 Å². The lowest BCUT2D eigenvalue weighted by Crippen LogP contribution is -1.96. The summed E-state index contributed by atoms with van der Waals surface area (Å²) in [6.07, 6.45) is 1.76. The van der Waals surface area contributed by atoms with Crippen molar-refractivity contribution in [1.29, 1.82) is 0 Å². The molecule has 0 saturated heterocycles. The van der Waals surface area contributed by atoms with E-state index in [9.17, 15) is 0 Å². The summed E-state index contributed by atoms with van der Waals surface area (Å²) >= 11 is 5.29. The summed E-state index contributed by atoms with van der Waals surface area (Å²) < 4.78 is 7.59. The molecule has 1 N–H and O–H groups in total. The summed E-state index contributed by atoms with van der Waals surface area (Å²) in [5.41, 5.74) is 3.09. The lowest BCUT2D eigenvalue weighted by molar-refractivity contribution is 0.340. The summed E-state index contributed by atoms with van der Waals surface area (Å²) in [5.74, 6) is 1.43. The third-order valence-electron chi connectivity index (χ3n) is 3.45. The van der Waals surface area contributed by atoms with Crippen LogP contribution in [0.2, 0.25) is 0 Å². The maximum Gasteiger partial charge on any atom is 0.216 e. The molecule has 0 amide bonds. The van der Waals surface area contributed by atoms with Crippen LogP contribution in [0.4, 0.5) is 0 Å². The molecule has 122 valence electrons. The Balaban J connectivity index is 1.95. The number of hydrogen-bond donors (Lipinski definition) is 1. The number of aromatic nitrogens is 3. The zero-order chi connectivity index (χ0) is 16.9. The molecule has 0 aliphatic carbocycles. The van der Waals surface area contributed by atoms with Gasteiger partial charge in [-0.1, -0.05) is 42.0 Å². The van der Waals surface area contributed by atoms with Crippen LogP contribution >= 0.6 is 12.2 Å². The second-order valence-corrected chi connectivity index (χ2v) is 5.67. The van der Waals surface area contributed by atoms with Crippen molar-refractivity contribution < 1.29 is 4.74 Å². The average Bonchev–Trinajstić information content (AvgIpc) is 2.96. The van der Waals surface area contributed by atoms with Crippen molar-refractivity contribution in [3.63, 3.8) is 0 Å².